The average Bonchev–Trinajstić information content (AvgIpc) is 4.40. The summed E-state index contributed by atoms with van der Waals surface area (Å²) in [6.45, 7) is 1.38. The third-order valence-corrected chi connectivity index (χ3v) is 15.4. The molecule has 3 heterocycles. The molecule has 0 saturated carbocycles. The first-order chi connectivity index (χ1) is 41.5. The van der Waals surface area contributed by atoms with E-state index in [1.54, 1.807) is 0 Å². The SMILES string of the molecule is NCCCC[C@@H](NC(=O)Cc1c[nH]c2ccccc12)C(=O)Nc1ccc(C(c2ccc(NC(=O)[C@@H](CCCCN)NC(=O)Cc3c[nH]c4ccccc34)cc2)c2ccc(NC(=O)[C@@H](CCCCN)NC(=O)Cc3c[nH]c4ccccc34)cc2)cc1. The van der Waals surface area contributed by atoms with Crippen molar-refractivity contribution in [2.75, 3.05) is 35.6 Å². The summed E-state index contributed by atoms with van der Waals surface area (Å²) in [6.07, 6.45) is 11.0. The van der Waals surface area contributed by atoms with Crippen LogP contribution >= 0.6 is 0 Å². The highest BCUT2D eigenvalue weighted by Gasteiger charge is 2.26. The van der Waals surface area contributed by atoms with Crippen LogP contribution < -0.4 is 49.1 Å². The smallest absolute Gasteiger partial charge is 0.246 e. The summed E-state index contributed by atoms with van der Waals surface area (Å²) in [5.74, 6) is -2.26. The van der Waals surface area contributed by atoms with Gasteiger partial charge in [0.2, 0.25) is 35.4 Å². The van der Waals surface area contributed by atoms with Gasteiger partial charge in [-0.05, 0) is 165 Å². The number of anilines is 3. The molecular formula is C67H76N12O6. The van der Waals surface area contributed by atoms with Crippen LogP contribution in [0.2, 0.25) is 0 Å². The van der Waals surface area contributed by atoms with Crippen LogP contribution in [0.5, 0.6) is 0 Å². The second kappa shape index (κ2) is 29.8. The van der Waals surface area contributed by atoms with E-state index < -0.39 is 18.1 Å². The first-order valence-corrected chi connectivity index (χ1v) is 29.3. The zero-order valence-corrected chi connectivity index (χ0v) is 47.7. The minimum atomic E-state index is -0.805. The molecule has 18 nitrogen and oxygen atoms in total. The number of H-pyrrole nitrogens is 3. The van der Waals surface area contributed by atoms with Crippen LogP contribution in [0.3, 0.4) is 0 Å². The Labute approximate surface area is 494 Å². The predicted octanol–water partition coefficient (Wildman–Crippen LogP) is 8.70. The van der Waals surface area contributed by atoms with Gasteiger partial charge in [-0.3, -0.25) is 28.8 Å². The van der Waals surface area contributed by atoms with Gasteiger partial charge in [0.15, 0.2) is 0 Å². The Morgan fingerprint density at radius 3 is 0.894 bits per heavy atom. The molecule has 0 aliphatic rings. The lowest BCUT2D eigenvalue weighted by Crippen LogP contribution is -2.44. The van der Waals surface area contributed by atoms with Gasteiger partial charge in [0.05, 0.1) is 19.3 Å². The van der Waals surface area contributed by atoms with Crippen molar-refractivity contribution in [3.63, 3.8) is 0 Å². The van der Waals surface area contributed by atoms with Crippen molar-refractivity contribution in [1.29, 1.82) is 0 Å². The van der Waals surface area contributed by atoms with Gasteiger partial charge in [-0.2, -0.15) is 0 Å². The van der Waals surface area contributed by atoms with E-state index in [0.29, 0.717) is 94.5 Å². The number of nitrogens with two attached hydrogens (primary N) is 3. The Kier molecular flexibility index (Phi) is 21.1. The molecule has 0 unspecified atom stereocenters. The first kappa shape index (κ1) is 60.2. The van der Waals surface area contributed by atoms with Gasteiger partial charge < -0.3 is 64.1 Å². The van der Waals surface area contributed by atoms with E-state index in [-0.39, 0.29) is 60.6 Å². The van der Waals surface area contributed by atoms with Crippen LogP contribution in [0.25, 0.3) is 32.7 Å². The van der Waals surface area contributed by atoms with Crippen molar-refractivity contribution >= 4 is 85.2 Å². The molecular weight excluding hydrogens is 1070 g/mol. The fourth-order valence-corrected chi connectivity index (χ4v) is 10.9. The standard InChI is InChI=1S/C67H76N12O6/c68-34-10-7-19-58(77-61(80)37-46-40-71-55-16-4-1-13-52(46)55)65(83)74-49-28-22-43(23-29-49)64(44-24-30-50(31-25-44)75-66(84)59(20-8-11-35-69)78-62(81)38-47-41-72-56-17-5-2-14-53(47)56)45-26-32-51(33-27-45)76-67(85)60(21-9-12-36-70)79-63(82)39-48-42-73-57-18-6-3-15-54(48)57/h1-6,13-18,22-33,40-42,58-60,64,71-73H,7-12,19-21,34-39,68-70H2,(H,74,83)(H,75,84)(H,76,85)(H,77,80)(H,78,81)(H,79,82)/t58-,59-,60-/m1/s1. The van der Waals surface area contributed by atoms with Gasteiger partial charge in [-0.15, -0.1) is 0 Å². The molecule has 0 fully saturated rings. The van der Waals surface area contributed by atoms with E-state index in [2.05, 4.69) is 46.9 Å². The maximum absolute atomic E-state index is 14.0. The Morgan fingerprint density at radius 1 is 0.353 bits per heavy atom. The minimum absolute atomic E-state index is 0.101. The lowest BCUT2D eigenvalue weighted by atomic mass is 9.85. The van der Waals surface area contributed by atoms with E-state index in [9.17, 15) is 28.8 Å². The Morgan fingerprint density at radius 2 is 0.624 bits per heavy atom. The number of hydrogen-bond donors (Lipinski definition) is 12. The number of carbonyl (C=O) groups is 6. The molecule has 3 atom stereocenters. The number of amides is 6. The van der Waals surface area contributed by atoms with E-state index in [4.69, 9.17) is 17.2 Å². The largest absolute Gasteiger partial charge is 0.361 e. The molecule has 440 valence electrons. The van der Waals surface area contributed by atoms with Gasteiger partial charge >= 0.3 is 0 Å². The topological polar surface area (TPSA) is 300 Å². The van der Waals surface area contributed by atoms with E-state index >= 15 is 0 Å². The third kappa shape index (κ3) is 16.3. The number of hydrogen-bond acceptors (Lipinski definition) is 9. The number of fused-ring (bicyclic) bond motifs is 3. The molecule has 0 radical (unpaired) electrons. The highest BCUT2D eigenvalue weighted by Crippen LogP contribution is 2.34. The van der Waals surface area contributed by atoms with Crippen molar-refractivity contribution < 1.29 is 28.8 Å². The molecule has 3 aromatic heterocycles. The maximum atomic E-state index is 14.0. The maximum Gasteiger partial charge on any atom is 0.246 e. The summed E-state index contributed by atoms with van der Waals surface area (Å²) >= 11 is 0. The number of rotatable bonds is 30. The van der Waals surface area contributed by atoms with Crippen LogP contribution in [0.4, 0.5) is 17.1 Å². The van der Waals surface area contributed by atoms with Crippen molar-refractivity contribution in [2.45, 2.75) is 101 Å². The van der Waals surface area contributed by atoms with E-state index in [1.807, 2.05) is 164 Å². The van der Waals surface area contributed by atoms with Gasteiger partial charge in [0, 0.05) is 74.3 Å². The quantitative estimate of drug-likeness (QED) is 0.0151. The predicted molar refractivity (Wildman–Crippen MR) is 337 cm³/mol. The molecule has 0 saturated heterocycles. The third-order valence-electron chi connectivity index (χ3n) is 15.4. The molecule has 85 heavy (non-hydrogen) atoms. The van der Waals surface area contributed by atoms with E-state index in [0.717, 1.165) is 66.1 Å². The van der Waals surface area contributed by atoms with Crippen LogP contribution in [-0.2, 0) is 48.0 Å². The Hall–Kier alpha value is -9.36. The Bertz CT molecular complexity index is 3320. The highest BCUT2D eigenvalue weighted by molar-refractivity contribution is 6.00. The lowest BCUT2D eigenvalue weighted by molar-refractivity contribution is -0.126. The minimum Gasteiger partial charge on any atom is -0.361 e. The highest BCUT2D eigenvalue weighted by atomic mass is 16.2. The molecule has 6 amide bonds. The zero-order valence-electron chi connectivity index (χ0n) is 47.7. The lowest BCUT2D eigenvalue weighted by Gasteiger charge is -2.22. The van der Waals surface area contributed by atoms with Gasteiger partial charge in [0.1, 0.15) is 18.1 Å². The van der Waals surface area contributed by atoms with Crippen molar-refractivity contribution in [2.24, 2.45) is 17.2 Å². The van der Waals surface area contributed by atoms with Crippen LogP contribution in [0.15, 0.2) is 164 Å². The number of aromatic nitrogens is 3. The summed E-state index contributed by atoms with van der Waals surface area (Å²) < 4.78 is 0. The molecule has 9 aromatic rings. The molecule has 15 N–H and O–H groups in total. The second-order valence-corrected chi connectivity index (χ2v) is 21.6. The Balaban J connectivity index is 0.925. The van der Waals surface area contributed by atoms with Gasteiger partial charge in [-0.25, -0.2) is 0 Å². The molecule has 0 bridgehead atoms. The average molecular weight is 1150 g/mol. The van der Waals surface area contributed by atoms with Crippen molar-refractivity contribution in [3.8, 4) is 0 Å². The van der Waals surface area contributed by atoms with Crippen LogP contribution in [0, 0.1) is 0 Å². The number of carbonyl (C=O) groups excluding carboxylic acids is 6. The van der Waals surface area contributed by atoms with Crippen molar-refractivity contribution in [3.05, 3.63) is 198 Å². The number of unbranched alkanes of at least 4 members (excludes halogenated alkanes) is 3. The summed E-state index contributed by atoms with van der Waals surface area (Å²) in [7, 11) is 0. The fraction of sp³-hybridized carbons (Fsp3) is 0.284. The molecule has 18 heteroatoms. The molecule has 6 aromatic carbocycles. The molecule has 0 spiro atoms. The van der Waals surface area contributed by atoms with Crippen LogP contribution in [-0.4, -0.2) is 88.2 Å². The van der Waals surface area contributed by atoms with Gasteiger partial charge in [0.25, 0.3) is 0 Å². The second-order valence-electron chi connectivity index (χ2n) is 21.6. The van der Waals surface area contributed by atoms with E-state index in [1.165, 1.54) is 0 Å². The van der Waals surface area contributed by atoms with Gasteiger partial charge in [-0.1, -0.05) is 91.0 Å². The number of benzene rings is 6. The van der Waals surface area contributed by atoms with Crippen molar-refractivity contribution in [1.82, 2.24) is 30.9 Å². The zero-order chi connectivity index (χ0) is 59.5. The summed E-state index contributed by atoms with van der Waals surface area (Å²) in [4.78, 5) is 92.0. The first-order valence-electron chi connectivity index (χ1n) is 29.3. The fourth-order valence-electron chi connectivity index (χ4n) is 10.9. The number of nitrogens with one attached hydrogen (secondary N) is 9. The number of aromatic amines is 3. The van der Waals surface area contributed by atoms with Crippen LogP contribution in [0.1, 0.15) is 97.1 Å². The molecule has 9 rings (SSSR count). The molecule has 0 aliphatic carbocycles. The monoisotopic (exact) mass is 1140 g/mol. The number of para-hydroxylation sites is 3. The summed E-state index contributed by atoms with van der Waals surface area (Å²) in [6, 6.07) is 43.4. The molecule has 0 aliphatic heterocycles. The summed E-state index contributed by atoms with van der Waals surface area (Å²) in [5.41, 5.74) is 26.9. The summed E-state index contributed by atoms with van der Waals surface area (Å²) in [5, 5.41) is 20.9. The normalized spacial score (nSPS) is 12.4.